The molecular formula is C19H30FN3O2. The Morgan fingerprint density at radius 2 is 2.24 bits per heavy atom. The summed E-state index contributed by atoms with van der Waals surface area (Å²) < 4.78 is 18.7. The molecule has 0 aliphatic carbocycles. The lowest BCUT2D eigenvalue weighted by Gasteiger charge is -2.33. The summed E-state index contributed by atoms with van der Waals surface area (Å²) in [6.07, 6.45) is 4.80. The molecule has 1 aromatic rings. The Hall–Kier alpha value is -1.82. The van der Waals surface area contributed by atoms with Crippen LogP contribution in [0.3, 0.4) is 0 Å². The maximum atomic E-state index is 13.7. The van der Waals surface area contributed by atoms with Crippen LogP contribution in [-0.4, -0.2) is 43.7 Å². The average Bonchev–Trinajstić information content (AvgIpc) is 2.60. The standard InChI is InChI=1S/C19H30FN3O2/c1-14-7-4-5-11-23(14)12-6-10-21-19(24)22-15(2)16-8-9-18(25-3)17(20)13-16/h8-9,13-15H,4-7,10-12H2,1-3H3,(H2,21,22,24). The van der Waals surface area contributed by atoms with E-state index in [0.717, 1.165) is 19.5 Å². The number of amides is 2. The van der Waals surface area contributed by atoms with Gasteiger partial charge >= 0.3 is 6.03 Å². The van der Waals surface area contributed by atoms with Crippen LogP contribution in [0, 0.1) is 5.82 Å². The number of piperidine rings is 1. The highest BCUT2D eigenvalue weighted by Gasteiger charge is 2.17. The van der Waals surface area contributed by atoms with E-state index in [1.807, 2.05) is 6.92 Å². The Morgan fingerprint density at radius 3 is 2.92 bits per heavy atom. The average molecular weight is 351 g/mol. The van der Waals surface area contributed by atoms with Crippen molar-refractivity contribution in [2.45, 2.75) is 51.6 Å². The van der Waals surface area contributed by atoms with E-state index in [1.165, 1.54) is 32.4 Å². The first-order valence-corrected chi connectivity index (χ1v) is 9.13. The monoisotopic (exact) mass is 351 g/mol. The predicted octanol–water partition coefficient (Wildman–Crippen LogP) is 3.46. The number of hydrogen-bond donors (Lipinski definition) is 2. The molecule has 25 heavy (non-hydrogen) atoms. The fourth-order valence-electron chi connectivity index (χ4n) is 3.26. The van der Waals surface area contributed by atoms with Gasteiger partial charge in [0, 0.05) is 19.1 Å². The number of nitrogens with zero attached hydrogens (tertiary/aromatic N) is 1. The molecular weight excluding hydrogens is 321 g/mol. The van der Waals surface area contributed by atoms with Gasteiger partial charge in [0.2, 0.25) is 0 Å². The number of benzene rings is 1. The fraction of sp³-hybridized carbons (Fsp3) is 0.632. The lowest BCUT2D eigenvalue weighted by atomic mass is 10.0. The van der Waals surface area contributed by atoms with E-state index in [0.29, 0.717) is 18.2 Å². The van der Waals surface area contributed by atoms with Crippen LogP contribution in [0.4, 0.5) is 9.18 Å². The number of likely N-dealkylation sites (tertiary alicyclic amines) is 1. The number of hydrogen-bond acceptors (Lipinski definition) is 3. The summed E-state index contributed by atoms with van der Waals surface area (Å²) in [6.45, 7) is 6.91. The zero-order valence-electron chi connectivity index (χ0n) is 15.5. The molecule has 5 nitrogen and oxygen atoms in total. The summed E-state index contributed by atoms with van der Waals surface area (Å²) in [6, 6.07) is 4.86. The second-order valence-electron chi connectivity index (χ2n) is 6.75. The van der Waals surface area contributed by atoms with E-state index >= 15 is 0 Å². The zero-order chi connectivity index (χ0) is 18.2. The third-order valence-corrected chi connectivity index (χ3v) is 4.87. The van der Waals surface area contributed by atoms with Crippen molar-refractivity contribution < 1.29 is 13.9 Å². The molecule has 0 spiro atoms. The predicted molar refractivity (Wildman–Crippen MR) is 97.4 cm³/mol. The van der Waals surface area contributed by atoms with Crippen LogP contribution in [0.1, 0.15) is 51.1 Å². The fourth-order valence-corrected chi connectivity index (χ4v) is 3.26. The van der Waals surface area contributed by atoms with Gasteiger partial charge in [0.05, 0.1) is 13.2 Å². The molecule has 1 aliphatic rings. The summed E-state index contributed by atoms with van der Waals surface area (Å²) in [7, 11) is 1.43. The van der Waals surface area contributed by atoms with Crippen LogP contribution in [0.15, 0.2) is 18.2 Å². The van der Waals surface area contributed by atoms with E-state index in [4.69, 9.17) is 4.74 Å². The van der Waals surface area contributed by atoms with E-state index in [1.54, 1.807) is 12.1 Å². The van der Waals surface area contributed by atoms with Crippen LogP contribution in [-0.2, 0) is 0 Å². The van der Waals surface area contributed by atoms with Crippen molar-refractivity contribution in [2.24, 2.45) is 0 Å². The summed E-state index contributed by atoms with van der Waals surface area (Å²) in [5.74, 6) is -0.225. The lowest BCUT2D eigenvalue weighted by molar-refractivity contribution is 0.159. The molecule has 6 heteroatoms. The molecule has 2 unspecified atom stereocenters. The van der Waals surface area contributed by atoms with Gasteiger partial charge in [0.25, 0.3) is 0 Å². The van der Waals surface area contributed by atoms with Gasteiger partial charge in [-0.25, -0.2) is 9.18 Å². The number of halogens is 1. The highest BCUT2D eigenvalue weighted by atomic mass is 19.1. The molecule has 1 aromatic carbocycles. The van der Waals surface area contributed by atoms with Crippen molar-refractivity contribution in [3.05, 3.63) is 29.6 Å². The normalized spacial score (nSPS) is 19.3. The van der Waals surface area contributed by atoms with Gasteiger partial charge in [-0.15, -0.1) is 0 Å². The van der Waals surface area contributed by atoms with Crippen molar-refractivity contribution in [2.75, 3.05) is 26.7 Å². The first-order valence-electron chi connectivity index (χ1n) is 9.13. The molecule has 0 bridgehead atoms. The van der Waals surface area contributed by atoms with E-state index in [9.17, 15) is 9.18 Å². The number of urea groups is 1. The number of carbonyl (C=O) groups excluding carboxylic acids is 1. The van der Waals surface area contributed by atoms with Gasteiger partial charge in [-0.2, -0.15) is 0 Å². The number of carbonyl (C=O) groups is 1. The Balaban J connectivity index is 1.69. The molecule has 0 aromatic heterocycles. The van der Waals surface area contributed by atoms with E-state index < -0.39 is 5.82 Å². The lowest BCUT2D eigenvalue weighted by Crippen LogP contribution is -2.41. The second kappa shape index (κ2) is 9.61. The second-order valence-corrected chi connectivity index (χ2v) is 6.75. The molecule has 2 amide bonds. The van der Waals surface area contributed by atoms with Gasteiger partial charge < -0.3 is 20.3 Å². The smallest absolute Gasteiger partial charge is 0.315 e. The molecule has 1 aliphatic heterocycles. The third-order valence-electron chi connectivity index (χ3n) is 4.87. The molecule has 1 fully saturated rings. The first kappa shape index (κ1) is 19.5. The Kier molecular flexibility index (Phi) is 7.50. The number of ether oxygens (including phenoxy) is 1. The first-order chi connectivity index (χ1) is 12.0. The maximum Gasteiger partial charge on any atom is 0.315 e. The van der Waals surface area contributed by atoms with Crippen LogP contribution in [0.5, 0.6) is 5.75 Å². The molecule has 2 rings (SSSR count). The summed E-state index contributed by atoms with van der Waals surface area (Å²) in [4.78, 5) is 14.5. The highest BCUT2D eigenvalue weighted by Crippen LogP contribution is 2.21. The molecule has 2 atom stereocenters. The number of nitrogens with one attached hydrogen (secondary N) is 2. The minimum atomic E-state index is -0.426. The van der Waals surface area contributed by atoms with Crippen molar-refractivity contribution in [1.29, 1.82) is 0 Å². The third kappa shape index (κ3) is 5.88. The van der Waals surface area contributed by atoms with Crippen molar-refractivity contribution in [3.63, 3.8) is 0 Å². The minimum absolute atomic E-state index is 0.201. The SMILES string of the molecule is COc1ccc(C(C)NC(=O)NCCCN2CCCCC2C)cc1F. The largest absolute Gasteiger partial charge is 0.494 e. The van der Waals surface area contributed by atoms with Gasteiger partial charge in [-0.1, -0.05) is 12.5 Å². The van der Waals surface area contributed by atoms with Crippen molar-refractivity contribution >= 4 is 6.03 Å². The Bertz CT molecular complexity index is 568. The zero-order valence-corrected chi connectivity index (χ0v) is 15.5. The highest BCUT2D eigenvalue weighted by molar-refractivity contribution is 5.74. The van der Waals surface area contributed by atoms with Crippen LogP contribution in [0.2, 0.25) is 0 Å². The summed E-state index contributed by atoms with van der Waals surface area (Å²) in [5.41, 5.74) is 0.704. The Labute approximate surface area is 149 Å². The van der Waals surface area contributed by atoms with Gasteiger partial charge in [0.1, 0.15) is 0 Å². The Morgan fingerprint density at radius 1 is 1.44 bits per heavy atom. The molecule has 1 heterocycles. The molecule has 0 saturated carbocycles. The van der Waals surface area contributed by atoms with Gasteiger partial charge in [0.15, 0.2) is 11.6 Å². The maximum absolute atomic E-state index is 13.7. The van der Waals surface area contributed by atoms with E-state index in [-0.39, 0.29) is 17.8 Å². The van der Waals surface area contributed by atoms with Crippen LogP contribution >= 0.6 is 0 Å². The van der Waals surface area contributed by atoms with Crippen molar-refractivity contribution in [1.82, 2.24) is 15.5 Å². The van der Waals surface area contributed by atoms with Crippen LogP contribution in [0.25, 0.3) is 0 Å². The quantitative estimate of drug-likeness (QED) is 0.740. The van der Waals surface area contributed by atoms with Crippen LogP contribution < -0.4 is 15.4 Å². The van der Waals surface area contributed by atoms with Crippen molar-refractivity contribution in [3.8, 4) is 5.75 Å². The molecule has 140 valence electrons. The topological polar surface area (TPSA) is 53.6 Å². The molecule has 0 radical (unpaired) electrons. The minimum Gasteiger partial charge on any atom is -0.494 e. The summed E-state index contributed by atoms with van der Waals surface area (Å²) in [5, 5.41) is 5.72. The van der Waals surface area contributed by atoms with Gasteiger partial charge in [-0.3, -0.25) is 0 Å². The number of methoxy groups -OCH3 is 1. The van der Waals surface area contributed by atoms with Gasteiger partial charge in [-0.05, 0) is 57.4 Å². The molecule has 1 saturated heterocycles. The number of rotatable bonds is 7. The molecule has 2 N–H and O–H groups in total. The summed E-state index contributed by atoms with van der Waals surface area (Å²) >= 11 is 0. The van der Waals surface area contributed by atoms with E-state index in [2.05, 4.69) is 22.5 Å².